The minimum Gasteiger partial charge on any atom is -0.394 e. The van der Waals surface area contributed by atoms with Gasteiger partial charge in [-0.15, -0.1) is 0 Å². The Kier molecular flexibility index (Phi) is 41.1. The topological polar surface area (TPSA) is 228 Å². The number of unbranched alkanes of at least 4 members (excludes halogenated alkanes) is 19. The van der Waals surface area contributed by atoms with Gasteiger partial charge in [-0.25, -0.2) is 0 Å². The molecule has 0 aromatic carbocycles. The summed E-state index contributed by atoms with van der Waals surface area (Å²) in [6, 6.07) is -0.943. The van der Waals surface area contributed by atoms with Crippen LogP contribution in [-0.2, 0) is 23.7 Å². The zero-order chi connectivity index (χ0) is 53.9. The molecule has 0 aliphatic carbocycles. The molecule has 12 atom stereocenters. The number of carbonyl (C=O) groups excluding carboxylic acids is 1. The van der Waals surface area contributed by atoms with Gasteiger partial charge in [0, 0.05) is 6.42 Å². The highest BCUT2D eigenvalue weighted by atomic mass is 16.7. The summed E-state index contributed by atoms with van der Waals surface area (Å²) in [4.78, 5) is 13.2. The number of rotatable bonds is 44. The van der Waals surface area contributed by atoms with Gasteiger partial charge < -0.3 is 65.1 Å². The molecule has 2 heterocycles. The molecule has 12 unspecified atom stereocenters. The summed E-state index contributed by atoms with van der Waals surface area (Å²) in [5.41, 5.74) is 0. The monoisotopic (exact) mass is 1050 g/mol. The maximum absolute atomic E-state index is 13.2. The van der Waals surface area contributed by atoms with Gasteiger partial charge in [0.05, 0.1) is 32.0 Å². The van der Waals surface area contributed by atoms with Crippen molar-refractivity contribution in [2.45, 2.75) is 267 Å². The molecule has 2 rings (SSSR count). The number of carbonyl (C=O) groups is 1. The van der Waals surface area contributed by atoms with Crippen LogP contribution in [0.15, 0.2) is 85.1 Å². The molecule has 2 aliphatic heterocycles. The van der Waals surface area contributed by atoms with E-state index in [1.807, 2.05) is 6.08 Å². The molecule has 74 heavy (non-hydrogen) atoms. The summed E-state index contributed by atoms with van der Waals surface area (Å²) in [6.45, 7) is 2.65. The molecule has 0 spiro atoms. The summed E-state index contributed by atoms with van der Waals surface area (Å²) >= 11 is 0. The van der Waals surface area contributed by atoms with Crippen LogP contribution in [-0.4, -0.2) is 140 Å². The lowest BCUT2D eigenvalue weighted by molar-refractivity contribution is -0.359. The summed E-state index contributed by atoms with van der Waals surface area (Å²) in [7, 11) is 0. The van der Waals surface area contributed by atoms with Crippen LogP contribution >= 0.6 is 0 Å². The Morgan fingerprint density at radius 3 is 1.43 bits per heavy atom. The first-order valence-electron chi connectivity index (χ1n) is 28.8. The third-order valence-corrected chi connectivity index (χ3v) is 13.6. The van der Waals surface area contributed by atoms with Gasteiger partial charge in [-0.1, -0.05) is 202 Å². The molecule has 0 saturated carbocycles. The number of nitrogens with one attached hydrogen (secondary N) is 1. The highest BCUT2D eigenvalue weighted by Crippen LogP contribution is 2.30. The number of allylic oxidation sites excluding steroid dienone is 13. The lowest BCUT2D eigenvalue weighted by Gasteiger charge is -2.46. The second-order valence-corrected chi connectivity index (χ2v) is 20.0. The van der Waals surface area contributed by atoms with Crippen LogP contribution in [0.2, 0.25) is 0 Å². The second kappa shape index (κ2) is 45.2. The average Bonchev–Trinajstić information content (AvgIpc) is 3.40. The van der Waals surface area contributed by atoms with E-state index in [2.05, 4.69) is 92.1 Å². The van der Waals surface area contributed by atoms with Crippen LogP contribution in [0.5, 0.6) is 0 Å². The molecule has 9 N–H and O–H groups in total. The maximum Gasteiger partial charge on any atom is 0.220 e. The molecule has 0 aromatic rings. The fourth-order valence-corrected chi connectivity index (χ4v) is 8.94. The van der Waals surface area contributed by atoms with Crippen molar-refractivity contribution in [3.05, 3.63) is 85.1 Å². The van der Waals surface area contributed by atoms with Crippen LogP contribution in [0.25, 0.3) is 0 Å². The molecule has 0 bridgehead atoms. The van der Waals surface area contributed by atoms with E-state index < -0.39 is 86.8 Å². The van der Waals surface area contributed by atoms with Crippen molar-refractivity contribution in [3.8, 4) is 0 Å². The predicted molar refractivity (Wildman–Crippen MR) is 295 cm³/mol. The van der Waals surface area contributed by atoms with Crippen molar-refractivity contribution >= 4 is 5.91 Å². The number of ether oxygens (including phenoxy) is 4. The van der Waals surface area contributed by atoms with Crippen molar-refractivity contribution in [2.75, 3.05) is 19.8 Å². The minimum atomic E-state index is -1.80. The van der Waals surface area contributed by atoms with Crippen LogP contribution < -0.4 is 5.32 Å². The standard InChI is InChI=1S/C60H103NO13/c1-3-5-7-9-11-13-15-17-19-21-23-24-26-28-30-32-34-36-38-40-42-44-52(65)61-48(49(64)43-41-39-37-35-33-31-29-27-25-22-20-18-16-14-12-10-8-6-4-2)47-71-59-57(70)55(68)58(51(46-63)73-59)74-60-56(69)54(67)53(66)50(45-62)72-60/h5,7,11,13,17,19,23-24,28,30,34,36,41,43,48-51,53-60,62-64,66-70H,3-4,6,8-10,12,14-16,18,20-22,25-27,29,31-33,35,37-40,42,44-47H2,1-2H3,(H,61,65)/b7-5-,13-11-,19-17-,24-23-,30-28-,36-34-,43-41+. The molecular formula is C60H103NO13. The van der Waals surface area contributed by atoms with E-state index in [0.29, 0.717) is 6.42 Å². The first-order valence-corrected chi connectivity index (χ1v) is 28.8. The smallest absolute Gasteiger partial charge is 0.220 e. The quantitative estimate of drug-likeness (QED) is 0.0205. The van der Waals surface area contributed by atoms with E-state index in [1.165, 1.54) is 96.3 Å². The van der Waals surface area contributed by atoms with Gasteiger partial charge in [0.15, 0.2) is 12.6 Å². The number of amides is 1. The Morgan fingerprint density at radius 2 is 0.932 bits per heavy atom. The van der Waals surface area contributed by atoms with Gasteiger partial charge in [0.2, 0.25) is 5.91 Å². The number of aliphatic hydroxyl groups excluding tert-OH is 8. The molecule has 0 aromatic heterocycles. The minimum absolute atomic E-state index is 0.222. The lowest BCUT2D eigenvalue weighted by Crippen LogP contribution is -2.65. The van der Waals surface area contributed by atoms with Gasteiger partial charge in [-0.3, -0.25) is 4.79 Å². The fourth-order valence-electron chi connectivity index (χ4n) is 8.94. The Morgan fingerprint density at radius 1 is 0.500 bits per heavy atom. The Balaban J connectivity index is 1.82. The van der Waals surface area contributed by atoms with Gasteiger partial charge in [0.25, 0.3) is 0 Å². The van der Waals surface area contributed by atoms with Gasteiger partial charge in [-0.2, -0.15) is 0 Å². The summed E-state index contributed by atoms with van der Waals surface area (Å²) in [5.74, 6) is -0.284. The zero-order valence-electron chi connectivity index (χ0n) is 45.6. The molecule has 1 amide bonds. The van der Waals surface area contributed by atoms with E-state index in [-0.39, 0.29) is 18.9 Å². The van der Waals surface area contributed by atoms with E-state index in [1.54, 1.807) is 6.08 Å². The Hall–Kier alpha value is -2.83. The first-order chi connectivity index (χ1) is 36.1. The van der Waals surface area contributed by atoms with Crippen LogP contribution in [0.1, 0.15) is 194 Å². The normalized spacial score (nSPS) is 25.9. The third-order valence-electron chi connectivity index (χ3n) is 13.6. The molecule has 14 nitrogen and oxygen atoms in total. The number of hydrogen-bond donors (Lipinski definition) is 9. The number of aliphatic hydroxyl groups is 8. The maximum atomic E-state index is 13.2. The lowest BCUT2D eigenvalue weighted by atomic mass is 9.97. The van der Waals surface area contributed by atoms with Crippen LogP contribution in [0.4, 0.5) is 0 Å². The van der Waals surface area contributed by atoms with Crippen molar-refractivity contribution in [3.63, 3.8) is 0 Å². The highest BCUT2D eigenvalue weighted by molar-refractivity contribution is 5.76. The van der Waals surface area contributed by atoms with Crippen LogP contribution in [0, 0.1) is 0 Å². The first kappa shape index (κ1) is 67.3. The average molecular weight is 1050 g/mol. The fraction of sp³-hybridized carbons (Fsp3) is 0.750. The van der Waals surface area contributed by atoms with Gasteiger partial charge >= 0.3 is 0 Å². The zero-order valence-corrected chi connectivity index (χ0v) is 45.6. The van der Waals surface area contributed by atoms with Gasteiger partial charge in [-0.05, 0) is 70.6 Å². The van der Waals surface area contributed by atoms with Crippen LogP contribution in [0.3, 0.4) is 0 Å². The molecule has 2 fully saturated rings. The largest absolute Gasteiger partial charge is 0.394 e. The molecule has 426 valence electrons. The van der Waals surface area contributed by atoms with E-state index >= 15 is 0 Å². The summed E-state index contributed by atoms with van der Waals surface area (Å²) in [6.07, 6.45) is 43.3. The highest BCUT2D eigenvalue weighted by Gasteiger charge is 2.51. The van der Waals surface area contributed by atoms with Gasteiger partial charge in [0.1, 0.15) is 48.8 Å². The van der Waals surface area contributed by atoms with E-state index in [9.17, 15) is 45.6 Å². The summed E-state index contributed by atoms with van der Waals surface area (Å²) in [5, 5.41) is 87.0. The molecular weight excluding hydrogens is 943 g/mol. The summed E-state index contributed by atoms with van der Waals surface area (Å²) < 4.78 is 22.7. The predicted octanol–water partition coefficient (Wildman–Crippen LogP) is 9.33. The molecule has 2 saturated heterocycles. The van der Waals surface area contributed by atoms with Crippen molar-refractivity contribution in [1.82, 2.24) is 5.32 Å². The van der Waals surface area contributed by atoms with E-state index in [0.717, 1.165) is 70.6 Å². The Labute approximate surface area is 446 Å². The van der Waals surface area contributed by atoms with Crippen molar-refractivity contribution in [2.24, 2.45) is 0 Å². The molecule has 0 radical (unpaired) electrons. The molecule has 14 heteroatoms. The number of hydrogen-bond acceptors (Lipinski definition) is 13. The van der Waals surface area contributed by atoms with E-state index in [4.69, 9.17) is 18.9 Å². The third kappa shape index (κ3) is 30.8. The SMILES string of the molecule is CC/C=C\C/C=C\C/C=C\C/C=C\C/C=C\C/C=C\CCCCC(=O)NC(COC1OC(CO)C(OC2OC(CO)C(O)C(O)C2O)C(O)C1O)C(O)/C=C/CCCCCCCCCCCCCCCCCCC. The Bertz CT molecular complexity index is 1560. The van der Waals surface area contributed by atoms with Crippen molar-refractivity contribution in [1.29, 1.82) is 0 Å². The second-order valence-electron chi connectivity index (χ2n) is 20.0. The van der Waals surface area contributed by atoms with Crippen molar-refractivity contribution < 1.29 is 64.6 Å². The molecule has 2 aliphatic rings.